The molecule has 2 aromatic rings. The molecule has 0 aliphatic heterocycles. The highest BCUT2D eigenvalue weighted by Crippen LogP contribution is 2.16. The van der Waals surface area contributed by atoms with Crippen molar-refractivity contribution in [1.29, 1.82) is 0 Å². The van der Waals surface area contributed by atoms with Gasteiger partial charge in [-0.2, -0.15) is 0 Å². The van der Waals surface area contributed by atoms with Crippen LogP contribution in [0.2, 0.25) is 0 Å². The van der Waals surface area contributed by atoms with Gasteiger partial charge in [-0.3, -0.25) is 0 Å². The lowest BCUT2D eigenvalue weighted by Gasteiger charge is -2.05. The zero-order valence-corrected chi connectivity index (χ0v) is 11.1. The van der Waals surface area contributed by atoms with E-state index in [4.69, 9.17) is 4.74 Å². The van der Waals surface area contributed by atoms with Gasteiger partial charge >= 0.3 is 0 Å². The normalized spacial score (nSPS) is 10.9. The number of nitrogens with one attached hydrogen (secondary N) is 1. The average Bonchev–Trinajstić information content (AvgIpc) is 2.83. The van der Waals surface area contributed by atoms with Gasteiger partial charge in [0.1, 0.15) is 11.5 Å². The molecule has 2 rings (SSSR count). The van der Waals surface area contributed by atoms with E-state index in [1.807, 2.05) is 13.0 Å². The molecule has 0 atom stereocenters. The third kappa shape index (κ3) is 3.36. The van der Waals surface area contributed by atoms with E-state index in [2.05, 4.69) is 15.6 Å². The fourth-order valence-corrected chi connectivity index (χ4v) is 1.79. The van der Waals surface area contributed by atoms with Crippen molar-refractivity contribution in [3.63, 3.8) is 0 Å². The Hall–Kier alpha value is -1.79. The first-order valence-electron chi connectivity index (χ1n) is 6.08. The molecule has 1 N–H and O–H groups in total. The third-order valence-electron chi connectivity index (χ3n) is 2.75. The molecule has 0 radical (unpaired) electrons. The third-order valence-corrected chi connectivity index (χ3v) is 2.75. The number of ether oxygens (including phenoxy) is 1. The second-order valence-corrected chi connectivity index (χ2v) is 4.23. The van der Waals surface area contributed by atoms with E-state index in [-0.39, 0.29) is 5.82 Å². The van der Waals surface area contributed by atoms with Gasteiger partial charge in [0.25, 0.3) is 0 Å². The van der Waals surface area contributed by atoms with Gasteiger partial charge in [0.15, 0.2) is 0 Å². The number of hydrogen-bond donors (Lipinski definition) is 1. The molecule has 0 unspecified atom stereocenters. The van der Waals surface area contributed by atoms with Crippen molar-refractivity contribution in [1.82, 2.24) is 20.3 Å². The lowest BCUT2D eigenvalue weighted by molar-refractivity contribution is 0.199. The second kappa shape index (κ2) is 6.40. The van der Waals surface area contributed by atoms with Crippen LogP contribution >= 0.6 is 0 Å². The Morgan fingerprint density at radius 1 is 1.42 bits per heavy atom. The summed E-state index contributed by atoms with van der Waals surface area (Å²) in [6, 6.07) is 4.94. The van der Waals surface area contributed by atoms with Crippen LogP contribution in [0.5, 0.6) is 0 Å². The molecule has 0 saturated heterocycles. The molecule has 0 aliphatic carbocycles. The summed E-state index contributed by atoms with van der Waals surface area (Å²) in [6.45, 7) is 3.80. The molecular weight excluding hydrogens is 247 g/mol. The van der Waals surface area contributed by atoms with Crippen LogP contribution in [0.4, 0.5) is 4.39 Å². The van der Waals surface area contributed by atoms with Gasteiger partial charge < -0.3 is 10.1 Å². The first-order chi connectivity index (χ1) is 9.22. The van der Waals surface area contributed by atoms with Gasteiger partial charge in [-0.15, -0.1) is 5.10 Å². The monoisotopic (exact) mass is 264 g/mol. The highest BCUT2D eigenvalue weighted by molar-refractivity contribution is 5.40. The maximum absolute atomic E-state index is 13.8. The van der Waals surface area contributed by atoms with E-state index < -0.39 is 0 Å². The quantitative estimate of drug-likeness (QED) is 0.802. The van der Waals surface area contributed by atoms with E-state index in [0.717, 1.165) is 17.8 Å². The maximum atomic E-state index is 13.8. The summed E-state index contributed by atoms with van der Waals surface area (Å²) in [4.78, 5) is 0. The number of nitrogens with zero attached hydrogens (tertiary/aromatic N) is 3. The summed E-state index contributed by atoms with van der Waals surface area (Å²) in [5.41, 5.74) is 2.03. The number of para-hydroxylation sites is 1. The van der Waals surface area contributed by atoms with Crippen molar-refractivity contribution >= 4 is 0 Å². The average molecular weight is 264 g/mol. The minimum Gasteiger partial charge on any atom is -0.383 e. The van der Waals surface area contributed by atoms with Crippen molar-refractivity contribution < 1.29 is 9.13 Å². The van der Waals surface area contributed by atoms with Crippen LogP contribution in [0.3, 0.4) is 0 Å². The lowest BCUT2D eigenvalue weighted by Crippen LogP contribution is -2.18. The van der Waals surface area contributed by atoms with Crippen LogP contribution in [0, 0.1) is 12.7 Å². The Morgan fingerprint density at radius 2 is 2.26 bits per heavy atom. The van der Waals surface area contributed by atoms with Gasteiger partial charge in [0.05, 0.1) is 18.5 Å². The summed E-state index contributed by atoms with van der Waals surface area (Å²) >= 11 is 0. The zero-order valence-electron chi connectivity index (χ0n) is 11.1. The van der Waals surface area contributed by atoms with E-state index in [1.54, 1.807) is 19.4 Å². The molecule has 0 aliphatic rings. The van der Waals surface area contributed by atoms with E-state index in [9.17, 15) is 4.39 Å². The predicted molar refractivity (Wildman–Crippen MR) is 69.6 cm³/mol. The first kappa shape index (κ1) is 13.6. The van der Waals surface area contributed by atoms with E-state index >= 15 is 0 Å². The standard InChI is InChI=1S/C13H17FN4O/c1-10-4-3-5-12(14)13(10)18-9-11(16-17-18)8-15-6-7-19-2/h3-5,9,15H,6-8H2,1-2H3. The number of aryl methyl sites for hydroxylation is 1. The minimum absolute atomic E-state index is 0.302. The topological polar surface area (TPSA) is 52.0 Å². The first-order valence-corrected chi connectivity index (χ1v) is 6.08. The molecule has 0 saturated carbocycles. The fourth-order valence-electron chi connectivity index (χ4n) is 1.79. The van der Waals surface area contributed by atoms with Crippen molar-refractivity contribution in [3.8, 4) is 5.69 Å². The fraction of sp³-hybridized carbons (Fsp3) is 0.385. The number of halogens is 1. The van der Waals surface area contributed by atoms with E-state index in [0.29, 0.717) is 18.8 Å². The zero-order chi connectivity index (χ0) is 13.7. The Bertz CT molecular complexity index is 521. The SMILES string of the molecule is COCCNCc1cn(-c2c(C)cccc2F)nn1. The smallest absolute Gasteiger partial charge is 0.149 e. The van der Waals surface area contributed by atoms with Crippen LogP contribution in [0.25, 0.3) is 5.69 Å². The van der Waals surface area contributed by atoms with Crippen molar-refractivity contribution in [2.24, 2.45) is 0 Å². The van der Waals surface area contributed by atoms with Gasteiger partial charge in [0, 0.05) is 20.2 Å². The van der Waals surface area contributed by atoms with Crippen LogP contribution in [0.1, 0.15) is 11.3 Å². The Labute approximate surface area is 111 Å². The van der Waals surface area contributed by atoms with Crippen LogP contribution in [-0.2, 0) is 11.3 Å². The second-order valence-electron chi connectivity index (χ2n) is 4.23. The number of methoxy groups -OCH3 is 1. The summed E-state index contributed by atoms with van der Waals surface area (Å²) in [6.07, 6.45) is 1.73. The summed E-state index contributed by atoms with van der Waals surface area (Å²) < 4.78 is 20.2. The highest BCUT2D eigenvalue weighted by atomic mass is 19.1. The molecule has 0 bridgehead atoms. The molecule has 0 amide bonds. The molecule has 19 heavy (non-hydrogen) atoms. The van der Waals surface area contributed by atoms with Crippen LogP contribution < -0.4 is 5.32 Å². The van der Waals surface area contributed by atoms with Crippen molar-refractivity contribution in [2.45, 2.75) is 13.5 Å². The lowest BCUT2D eigenvalue weighted by atomic mass is 10.2. The van der Waals surface area contributed by atoms with Gasteiger partial charge in [-0.25, -0.2) is 9.07 Å². The number of hydrogen-bond acceptors (Lipinski definition) is 4. The summed E-state index contributed by atoms with van der Waals surface area (Å²) in [5.74, 6) is -0.302. The van der Waals surface area contributed by atoms with Crippen molar-refractivity contribution in [2.75, 3.05) is 20.3 Å². The molecule has 1 aromatic carbocycles. The predicted octanol–water partition coefficient (Wildman–Crippen LogP) is 1.45. The Morgan fingerprint density at radius 3 is 3.00 bits per heavy atom. The number of benzene rings is 1. The van der Waals surface area contributed by atoms with Crippen LogP contribution in [0.15, 0.2) is 24.4 Å². The Balaban J connectivity index is 2.08. The van der Waals surface area contributed by atoms with Crippen LogP contribution in [-0.4, -0.2) is 35.3 Å². The molecule has 0 spiro atoms. The molecule has 1 heterocycles. The molecule has 6 heteroatoms. The molecule has 5 nitrogen and oxygen atoms in total. The van der Waals surface area contributed by atoms with Gasteiger partial charge in [-0.05, 0) is 18.6 Å². The molecule has 1 aromatic heterocycles. The minimum atomic E-state index is -0.302. The molecule has 0 fully saturated rings. The van der Waals surface area contributed by atoms with Gasteiger partial charge in [0.2, 0.25) is 0 Å². The van der Waals surface area contributed by atoms with E-state index in [1.165, 1.54) is 10.7 Å². The largest absolute Gasteiger partial charge is 0.383 e. The highest BCUT2D eigenvalue weighted by Gasteiger charge is 2.10. The Kier molecular flexibility index (Phi) is 4.59. The van der Waals surface area contributed by atoms with Gasteiger partial charge in [-0.1, -0.05) is 17.3 Å². The van der Waals surface area contributed by atoms with Crippen molar-refractivity contribution in [3.05, 3.63) is 41.5 Å². The molecule has 102 valence electrons. The summed E-state index contributed by atoms with van der Waals surface area (Å²) in [7, 11) is 1.65. The number of rotatable bonds is 6. The number of aromatic nitrogens is 3. The molecular formula is C13H17FN4O. The maximum Gasteiger partial charge on any atom is 0.149 e. The summed E-state index contributed by atoms with van der Waals surface area (Å²) in [5, 5.41) is 11.1.